The molecule has 1 unspecified atom stereocenters. The number of aromatic nitrogens is 1. The molecular weight excluding hydrogens is 288 g/mol. The van der Waals surface area contributed by atoms with Crippen molar-refractivity contribution in [2.45, 2.75) is 37.8 Å². The third-order valence-corrected chi connectivity index (χ3v) is 4.58. The summed E-state index contributed by atoms with van der Waals surface area (Å²) in [5.41, 5.74) is 0.720. The fraction of sp³-hybridized carbons (Fsp3) is 0.600. The number of likely N-dealkylation sites (tertiary alicyclic amines) is 1. The van der Waals surface area contributed by atoms with Gasteiger partial charge in [-0.05, 0) is 57.5 Å². The van der Waals surface area contributed by atoms with Crippen LogP contribution in [0, 0.1) is 0 Å². The van der Waals surface area contributed by atoms with Crippen LogP contribution in [0.1, 0.15) is 25.7 Å². The molecule has 1 atom stereocenters. The van der Waals surface area contributed by atoms with Crippen molar-refractivity contribution in [2.75, 3.05) is 25.0 Å². The molecule has 2 N–H and O–H groups in total. The van der Waals surface area contributed by atoms with Crippen LogP contribution < -0.4 is 10.6 Å². The highest BCUT2D eigenvalue weighted by Gasteiger charge is 2.35. The van der Waals surface area contributed by atoms with Crippen molar-refractivity contribution in [1.29, 1.82) is 0 Å². The first-order valence-electron chi connectivity index (χ1n) is 7.63. The first-order valence-corrected chi connectivity index (χ1v) is 8.01. The van der Waals surface area contributed by atoms with Gasteiger partial charge in [0.1, 0.15) is 5.15 Å². The van der Waals surface area contributed by atoms with E-state index in [1.807, 2.05) is 0 Å². The number of nitrogens with zero attached hydrogens (tertiary/aromatic N) is 2. The van der Waals surface area contributed by atoms with Gasteiger partial charge in [-0.1, -0.05) is 11.6 Å². The monoisotopic (exact) mass is 308 g/mol. The summed E-state index contributed by atoms with van der Waals surface area (Å²) in [6, 6.07) is 3.97. The zero-order valence-corrected chi connectivity index (χ0v) is 12.8. The van der Waals surface area contributed by atoms with Gasteiger partial charge >= 0.3 is 0 Å². The second kappa shape index (κ2) is 6.73. The molecule has 1 amide bonds. The predicted octanol–water partition coefficient (Wildman–Crippen LogP) is 1.89. The molecule has 0 spiro atoms. The van der Waals surface area contributed by atoms with Crippen LogP contribution in [0.25, 0.3) is 0 Å². The molecule has 114 valence electrons. The van der Waals surface area contributed by atoms with Gasteiger partial charge in [-0.3, -0.25) is 9.69 Å². The lowest BCUT2D eigenvalue weighted by molar-refractivity contribution is -0.121. The zero-order valence-electron chi connectivity index (χ0n) is 12.0. The first-order chi connectivity index (χ1) is 10.2. The van der Waals surface area contributed by atoms with Crippen LogP contribution in [0.4, 0.5) is 5.69 Å². The second-order valence-corrected chi connectivity index (χ2v) is 6.12. The SMILES string of the molecule is O=C(Nc1ccnc(Cl)c1)C1CCCN1C1CCNCC1. The Morgan fingerprint density at radius 3 is 2.95 bits per heavy atom. The number of carbonyl (C=O) groups excluding carboxylic acids is 1. The highest BCUT2D eigenvalue weighted by Crippen LogP contribution is 2.25. The number of carbonyl (C=O) groups is 1. The summed E-state index contributed by atoms with van der Waals surface area (Å²) in [6.45, 7) is 3.13. The Balaban J connectivity index is 1.65. The summed E-state index contributed by atoms with van der Waals surface area (Å²) < 4.78 is 0. The van der Waals surface area contributed by atoms with Crippen molar-refractivity contribution >= 4 is 23.2 Å². The van der Waals surface area contributed by atoms with E-state index in [2.05, 4.69) is 20.5 Å². The number of rotatable bonds is 3. The Morgan fingerprint density at radius 2 is 2.19 bits per heavy atom. The minimum Gasteiger partial charge on any atom is -0.325 e. The van der Waals surface area contributed by atoms with Gasteiger partial charge in [0, 0.05) is 17.9 Å². The first kappa shape index (κ1) is 14.8. The summed E-state index contributed by atoms with van der Waals surface area (Å²) in [5.74, 6) is 0.0771. The van der Waals surface area contributed by atoms with Crippen molar-refractivity contribution in [3.05, 3.63) is 23.5 Å². The normalized spacial score (nSPS) is 24.1. The van der Waals surface area contributed by atoms with Crippen LogP contribution >= 0.6 is 11.6 Å². The molecule has 2 aliphatic rings. The molecule has 0 saturated carbocycles. The Hall–Kier alpha value is -1.17. The Labute approximate surface area is 130 Å². The van der Waals surface area contributed by atoms with Crippen LogP contribution in [0.15, 0.2) is 18.3 Å². The van der Waals surface area contributed by atoms with Crippen molar-refractivity contribution in [3.8, 4) is 0 Å². The average molecular weight is 309 g/mol. The minimum atomic E-state index is -0.0139. The fourth-order valence-electron chi connectivity index (χ4n) is 3.35. The number of hydrogen-bond acceptors (Lipinski definition) is 4. The van der Waals surface area contributed by atoms with Crippen LogP contribution in [0.5, 0.6) is 0 Å². The van der Waals surface area contributed by atoms with Crippen LogP contribution in [-0.2, 0) is 4.79 Å². The highest BCUT2D eigenvalue weighted by atomic mass is 35.5. The van der Waals surface area contributed by atoms with Crippen molar-refractivity contribution in [3.63, 3.8) is 0 Å². The van der Waals surface area contributed by atoms with Crippen molar-refractivity contribution in [2.24, 2.45) is 0 Å². The lowest BCUT2D eigenvalue weighted by Gasteiger charge is -2.35. The molecule has 1 aromatic rings. The summed E-state index contributed by atoms with van der Waals surface area (Å²) in [4.78, 5) is 18.9. The molecular formula is C15H21ClN4O. The maximum Gasteiger partial charge on any atom is 0.241 e. The third kappa shape index (κ3) is 3.54. The van der Waals surface area contributed by atoms with Crippen molar-refractivity contribution < 1.29 is 4.79 Å². The smallest absolute Gasteiger partial charge is 0.241 e. The van der Waals surface area contributed by atoms with Gasteiger partial charge in [-0.15, -0.1) is 0 Å². The molecule has 0 radical (unpaired) electrons. The second-order valence-electron chi connectivity index (χ2n) is 5.73. The standard InChI is InChI=1S/C15H21ClN4O/c16-14-10-11(3-8-18-14)19-15(21)13-2-1-9-20(13)12-4-6-17-7-5-12/h3,8,10,12-13,17H,1-2,4-7,9H2,(H,18,19,21). The van der Waals surface area contributed by atoms with Crippen LogP contribution in [0.2, 0.25) is 5.15 Å². The molecule has 2 aliphatic heterocycles. The van der Waals surface area contributed by atoms with E-state index in [0.717, 1.165) is 51.0 Å². The molecule has 0 aliphatic carbocycles. The zero-order chi connectivity index (χ0) is 14.7. The largest absolute Gasteiger partial charge is 0.325 e. The summed E-state index contributed by atoms with van der Waals surface area (Å²) in [6.07, 6.45) is 5.90. The van der Waals surface area contributed by atoms with E-state index in [-0.39, 0.29) is 11.9 Å². The molecule has 5 nitrogen and oxygen atoms in total. The summed E-state index contributed by atoms with van der Waals surface area (Å²) >= 11 is 5.86. The number of anilines is 1. The average Bonchev–Trinajstić information content (AvgIpc) is 2.98. The molecule has 1 aromatic heterocycles. The molecule has 2 saturated heterocycles. The minimum absolute atomic E-state index is 0.0139. The Bertz CT molecular complexity index is 504. The molecule has 21 heavy (non-hydrogen) atoms. The lowest BCUT2D eigenvalue weighted by Crippen LogP contribution is -2.49. The van der Waals surface area contributed by atoms with Crippen LogP contribution in [-0.4, -0.2) is 47.5 Å². The number of halogens is 1. The van der Waals surface area contributed by atoms with Gasteiger partial charge in [0.25, 0.3) is 0 Å². The van der Waals surface area contributed by atoms with Crippen molar-refractivity contribution in [1.82, 2.24) is 15.2 Å². The van der Waals surface area contributed by atoms with E-state index in [1.165, 1.54) is 0 Å². The number of amides is 1. The molecule has 0 bridgehead atoms. The Morgan fingerprint density at radius 1 is 1.38 bits per heavy atom. The Kier molecular flexibility index (Phi) is 4.73. The van der Waals surface area contributed by atoms with E-state index >= 15 is 0 Å². The topological polar surface area (TPSA) is 57.3 Å². The maximum absolute atomic E-state index is 12.5. The van der Waals surface area contributed by atoms with E-state index in [0.29, 0.717) is 11.2 Å². The van der Waals surface area contributed by atoms with Gasteiger partial charge < -0.3 is 10.6 Å². The summed E-state index contributed by atoms with van der Waals surface area (Å²) in [5, 5.41) is 6.75. The number of pyridine rings is 1. The van der Waals surface area contributed by atoms with Gasteiger partial charge in [0.05, 0.1) is 6.04 Å². The molecule has 3 rings (SSSR count). The van der Waals surface area contributed by atoms with E-state index in [1.54, 1.807) is 18.3 Å². The quantitative estimate of drug-likeness (QED) is 0.837. The molecule has 6 heteroatoms. The molecule has 0 aromatic carbocycles. The van der Waals surface area contributed by atoms with Gasteiger partial charge in [-0.25, -0.2) is 4.98 Å². The van der Waals surface area contributed by atoms with Gasteiger partial charge in [0.2, 0.25) is 5.91 Å². The molecule has 3 heterocycles. The lowest BCUT2D eigenvalue weighted by atomic mass is 10.0. The molecule has 2 fully saturated rings. The van der Waals surface area contributed by atoms with E-state index in [4.69, 9.17) is 11.6 Å². The fourth-order valence-corrected chi connectivity index (χ4v) is 3.53. The predicted molar refractivity (Wildman–Crippen MR) is 83.5 cm³/mol. The third-order valence-electron chi connectivity index (χ3n) is 4.37. The number of nitrogens with one attached hydrogen (secondary N) is 2. The summed E-state index contributed by atoms with van der Waals surface area (Å²) in [7, 11) is 0. The number of piperidine rings is 1. The number of hydrogen-bond donors (Lipinski definition) is 2. The van der Waals surface area contributed by atoms with E-state index < -0.39 is 0 Å². The maximum atomic E-state index is 12.5. The highest BCUT2D eigenvalue weighted by molar-refractivity contribution is 6.29. The van der Waals surface area contributed by atoms with Gasteiger partial charge in [0.15, 0.2) is 0 Å². The van der Waals surface area contributed by atoms with E-state index in [9.17, 15) is 4.79 Å². The van der Waals surface area contributed by atoms with Gasteiger partial charge in [-0.2, -0.15) is 0 Å². The van der Waals surface area contributed by atoms with Crippen LogP contribution in [0.3, 0.4) is 0 Å².